The highest BCUT2D eigenvalue weighted by Gasteiger charge is 2.31. The molecule has 1 saturated heterocycles. The molecule has 0 radical (unpaired) electrons. The smallest absolute Gasteiger partial charge is 0.246 e. The monoisotopic (exact) mass is 488 g/mol. The molecule has 1 aromatic heterocycles. The molecule has 9 heteroatoms. The number of benzene rings is 2. The molecule has 0 atom stereocenters. The van der Waals surface area contributed by atoms with Crippen LogP contribution in [0.2, 0.25) is 5.02 Å². The van der Waals surface area contributed by atoms with Crippen LogP contribution in [0.15, 0.2) is 53.8 Å². The van der Waals surface area contributed by atoms with E-state index in [2.05, 4.69) is 37.8 Å². The maximum absolute atomic E-state index is 11.6. The Bertz CT molecular complexity index is 1130. The summed E-state index contributed by atoms with van der Waals surface area (Å²) in [7, 11) is 1.58. The van der Waals surface area contributed by atoms with Gasteiger partial charge in [0.15, 0.2) is 11.5 Å². The van der Waals surface area contributed by atoms with Crippen molar-refractivity contribution in [3.8, 4) is 11.5 Å². The third kappa shape index (κ3) is 4.06. The molecule has 2 aromatic carbocycles. The summed E-state index contributed by atoms with van der Waals surface area (Å²) >= 11 is 9.58. The first kappa shape index (κ1) is 20.4. The Morgan fingerprint density at radius 1 is 1.30 bits per heavy atom. The molecule has 3 aromatic rings. The van der Waals surface area contributed by atoms with Gasteiger partial charge in [0, 0.05) is 21.6 Å². The van der Waals surface area contributed by atoms with Crippen LogP contribution >= 0.6 is 27.5 Å². The number of likely N-dealkylation sites (tertiary alicyclic amines) is 1. The van der Waals surface area contributed by atoms with E-state index in [4.69, 9.17) is 21.1 Å². The Morgan fingerprint density at radius 3 is 2.80 bits per heavy atom. The number of hydrogen-bond acceptors (Lipinski definition) is 6. The number of carbonyl (C=O) groups excluding carboxylic acids is 1. The maximum Gasteiger partial charge on any atom is 0.246 e. The van der Waals surface area contributed by atoms with Crippen LogP contribution in [0.1, 0.15) is 0 Å². The Kier molecular flexibility index (Phi) is 5.78. The first-order valence-electron chi connectivity index (χ1n) is 9.11. The van der Waals surface area contributed by atoms with E-state index in [1.807, 2.05) is 18.2 Å². The van der Waals surface area contributed by atoms with Gasteiger partial charge in [0.25, 0.3) is 0 Å². The molecule has 0 saturated carbocycles. The summed E-state index contributed by atoms with van der Waals surface area (Å²) in [5.74, 6) is 1.64. The zero-order chi connectivity index (χ0) is 21.3. The van der Waals surface area contributed by atoms with Gasteiger partial charge < -0.3 is 19.7 Å². The Morgan fingerprint density at radius 2 is 2.10 bits per heavy atom. The van der Waals surface area contributed by atoms with E-state index in [1.165, 1.54) is 12.4 Å². The van der Waals surface area contributed by atoms with Crippen LogP contribution in [0.5, 0.6) is 11.5 Å². The number of ether oxygens (including phenoxy) is 2. The van der Waals surface area contributed by atoms with E-state index in [0.29, 0.717) is 40.9 Å². The highest BCUT2D eigenvalue weighted by atomic mass is 79.9. The minimum absolute atomic E-state index is 0.103. The molecule has 154 valence electrons. The van der Waals surface area contributed by atoms with Crippen molar-refractivity contribution in [2.24, 2.45) is 0 Å². The van der Waals surface area contributed by atoms with Crippen LogP contribution in [-0.2, 0) is 4.79 Å². The first-order chi connectivity index (χ1) is 14.5. The molecule has 1 aliphatic rings. The quantitative estimate of drug-likeness (QED) is 0.511. The van der Waals surface area contributed by atoms with Gasteiger partial charge in [0.2, 0.25) is 5.91 Å². The third-order valence-corrected chi connectivity index (χ3v) is 5.96. The fourth-order valence-electron chi connectivity index (χ4n) is 3.13. The van der Waals surface area contributed by atoms with Gasteiger partial charge >= 0.3 is 0 Å². The van der Waals surface area contributed by atoms with Crippen molar-refractivity contribution in [3.05, 3.63) is 58.8 Å². The van der Waals surface area contributed by atoms with Gasteiger partial charge in [-0.15, -0.1) is 0 Å². The zero-order valence-electron chi connectivity index (χ0n) is 16.1. The highest BCUT2D eigenvalue weighted by molar-refractivity contribution is 9.10. The van der Waals surface area contributed by atoms with E-state index >= 15 is 0 Å². The van der Waals surface area contributed by atoms with E-state index in [0.717, 1.165) is 15.5 Å². The fraction of sp³-hybridized carbons (Fsp3) is 0.190. The number of amides is 1. The SMILES string of the molecule is C=CC(=O)N1CC(Oc2cc3c(Nc4ccc(Br)c(Cl)c4)ncnc3cc2OC)C1. The van der Waals surface area contributed by atoms with Crippen molar-refractivity contribution < 1.29 is 14.3 Å². The molecule has 2 heterocycles. The standard InChI is InChI=1S/C21H18BrClN4O3/c1-3-20(28)27-9-13(10-27)30-19-7-14-17(8-18(19)29-2)24-11-25-21(14)26-12-4-5-15(22)16(23)6-12/h3-8,11,13H,1,9-10H2,2H3,(H,24,25,26). The minimum Gasteiger partial charge on any atom is -0.493 e. The summed E-state index contributed by atoms with van der Waals surface area (Å²) < 4.78 is 12.4. The summed E-state index contributed by atoms with van der Waals surface area (Å²) in [5.41, 5.74) is 1.50. The number of nitrogens with zero attached hydrogens (tertiary/aromatic N) is 3. The molecule has 1 N–H and O–H groups in total. The van der Waals surface area contributed by atoms with E-state index < -0.39 is 0 Å². The number of nitrogens with one attached hydrogen (secondary N) is 1. The maximum atomic E-state index is 11.6. The molecular formula is C21H18BrClN4O3. The number of methoxy groups -OCH3 is 1. The average molecular weight is 490 g/mol. The van der Waals surface area contributed by atoms with Gasteiger partial charge in [-0.2, -0.15) is 0 Å². The number of anilines is 2. The van der Waals surface area contributed by atoms with Crippen LogP contribution in [0.3, 0.4) is 0 Å². The van der Waals surface area contributed by atoms with Crippen LogP contribution in [0.4, 0.5) is 11.5 Å². The van der Waals surface area contributed by atoms with Crippen LogP contribution < -0.4 is 14.8 Å². The molecule has 7 nitrogen and oxygen atoms in total. The molecule has 1 aliphatic heterocycles. The second kappa shape index (κ2) is 8.49. The average Bonchev–Trinajstić information content (AvgIpc) is 2.72. The van der Waals surface area contributed by atoms with Gasteiger partial charge in [-0.1, -0.05) is 18.2 Å². The lowest BCUT2D eigenvalue weighted by atomic mass is 10.1. The molecule has 4 rings (SSSR count). The highest BCUT2D eigenvalue weighted by Crippen LogP contribution is 2.36. The first-order valence-corrected chi connectivity index (χ1v) is 10.3. The van der Waals surface area contributed by atoms with Gasteiger partial charge in [-0.3, -0.25) is 4.79 Å². The predicted molar refractivity (Wildman–Crippen MR) is 120 cm³/mol. The van der Waals surface area contributed by atoms with Gasteiger partial charge in [-0.05, 0) is 46.3 Å². The van der Waals surface area contributed by atoms with Crippen LogP contribution in [0, 0.1) is 0 Å². The lowest BCUT2D eigenvalue weighted by Crippen LogP contribution is -2.55. The Labute approximate surface area is 186 Å². The summed E-state index contributed by atoms with van der Waals surface area (Å²) in [5, 5.41) is 4.63. The summed E-state index contributed by atoms with van der Waals surface area (Å²) in [6, 6.07) is 9.20. The topological polar surface area (TPSA) is 76.6 Å². The number of halogens is 2. The molecule has 0 bridgehead atoms. The van der Waals surface area contributed by atoms with Crippen molar-refractivity contribution in [3.63, 3.8) is 0 Å². The molecule has 1 fully saturated rings. The van der Waals surface area contributed by atoms with E-state index in [1.54, 1.807) is 24.1 Å². The molecule has 1 amide bonds. The minimum atomic E-state index is -0.119. The number of aromatic nitrogens is 2. The fourth-order valence-corrected chi connectivity index (χ4v) is 3.55. The van der Waals surface area contributed by atoms with Crippen molar-refractivity contribution >= 4 is 55.8 Å². The summed E-state index contributed by atoms with van der Waals surface area (Å²) in [4.78, 5) is 22.0. The lowest BCUT2D eigenvalue weighted by Gasteiger charge is -2.38. The molecule has 0 unspecified atom stereocenters. The van der Waals surface area contributed by atoms with Gasteiger partial charge in [0.05, 0.1) is 30.7 Å². The van der Waals surface area contributed by atoms with Crippen molar-refractivity contribution in [1.82, 2.24) is 14.9 Å². The normalized spacial score (nSPS) is 13.6. The molecular weight excluding hydrogens is 472 g/mol. The second-order valence-corrected chi connectivity index (χ2v) is 7.95. The van der Waals surface area contributed by atoms with Gasteiger partial charge in [-0.25, -0.2) is 9.97 Å². The van der Waals surface area contributed by atoms with Crippen molar-refractivity contribution in [2.75, 3.05) is 25.5 Å². The number of hydrogen-bond donors (Lipinski definition) is 1. The van der Waals surface area contributed by atoms with Gasteiger partial charge in [0.1, 0.15) is 18.2 Å². The zero-order valence-corrected chi connectivity index (χ0v) is 18.4. The lowest BCUT2D eigenvalue weighted by molar-refractivity contribution is -0.134. The molecule has 30 heavy (non-hydrogen) atoms. The van der Waals surface area contributed by atoms with Crippen molar-refractivity contribution in [2.45, 2.75) is 6.10 Å². The Balaban J connectivity index is 1.63. The predicted octanol–water partition coefficient (Wildman–Crippen LogP) is 4.57. The number of carbonyl (C=O) groups is 1. The van der Waals surface area contributed by atoms with E-state index in [-0.39, 0.29) is 12.0 Å². The largest absolute Gasteiger partial charge is 0.493 e. The van der Waals surface area contributed by atoms with E-state index in [9.17, 15) is 4.79 Å². The van der Waals surface area contributed by atoms with Crippen LogP contribution in [0.25, 0.3) is 10.9 Å². The number of fused-ring (bicyclic) bond motifs is 1. The molecule has 0 aliphatic carbocycles. The molecule has 0 spiro atoms. The van der Waals surface area contributed by atoms with Crippen LogP contribution in [-0.4, -0.2) is 47.1 Å². The third-order valence-electron chi connectivity index (χ3n) is 4.73. The van der Waals surface area contributed by atoms with Crippen molar-refractivity contribution in [1.29, 1.82) is 0 Å². The number of rotatable bonds is 6. The summed E-state index contributed by atoms with van der Waals surface area (Å²) in [6.07, 6.45) is 2.67. The Hall–Kier alpha value is -2.84. The summed E-state index contributed by atoms with van der Waals surface area (Å²) in [6.45, 7) is 4.50. The second-order valence-electron chi connectivity index (χ2n) is 6.68.